The first kappa shape index (κ1) is 14.5. The van der Waals surface area contributed by atoms with Gasteiger partial charge in [0.2, 0.25) is 0 Å². The molecule has 0 radical (unpaired) electrons. The van der Waals surface area contributed by atoms with Crippen molar-refractivity contribution in [2.24, 2.45) is 0 Å². The lowest BCUT2D eigenvalue weighted by Crippen LogP contribution is -2.01. The van der Waals surface area contributed by atoms with Gasteiger partial charge in [-0.3, -0.25) is 0 Å². The number of benzene rings is 2. The summed E-state index contributed by atoms with van der Waals surface area (Å²) in [5, 5.41) is -0.732. The lowest BCUT2D eigenvalue weighted by atomic mass is 10.0. The topological polar surface area (TPSA) is 0 Å². The molecule has 0 heterocycles. The third-order valence-corrected chi connectivity index (χ3v) is 4.17. The minimum atomic E-state index is -0.732. The van der Waals surface area contributed by atoms with E-state index in [1.807, 2.05) is 25.1 Å². The van der Waals surface area contributed by atoms with E-state index in [1.165, 1.54) is 13.0 Å². The van der Waals surface area contributed by atoms with Gasteiger partial charge in [-0.25, -0.2) is 8.78 Å². The van der Waals surface area contributed by atoms with Crippen molar-refractivity contribution in [2.45, 2.75) is 19.2 Å². The van der Waals surface area contributed by atoms with E-state index in [2.05, 4.69) is 15.9 Å². The molecule has 0 aliphatic carbocycles. The summed E-state index contributed by atoms with van der Waals surface area (Å²) in [6.45, 7) is 3.44. The van der Waals surface area contributed by atoms with E-state index < -0.39 is 17.0 Å². The monoisotopic (exact) mass is 344 g/mol. The molecule has 2 aromatic rings. The van der Waals surface area contributed by atoms with Crippen LogP contribution in [0.15, 0.2) is 34.8 Å². The SMILES string of the molecule is Cc1ccc(Br)c(C(Cl)c2cc(F)c(C)cc2F)c1. The first-order chi connectivity index (χ1) is 8.90. The summed E-state index contributed by atoms with van der Waals surface area (Å²) < 4.78 is 28.3. The van der Waals surface area contributed by atoms with Gasteiger partial charge in [0.15, 0.2) is 0 Å². The van der Waals surface area contributed by atoms with Gasteiger partial charge >= 0.3 is 0 Å². The molecule has 0 saturated carbocycles. The van der Waals surface area contributed by atoms with Crippen LogP contribution in [0, 0.1) is 25.5 Å². The van der Waals surface area contributed by atoms with Crippen molar-refractivity contribution in [2.75, 3.05) is 0 Å². The Bertz CT molecular complexity index is 626. The lowest BCUT2D eigenvalue weighted by molar-refractivity contribution is 0.580. The van der Waals surface area contributed by atoms with E-state index in [4.69, 9.17) is 11.6 Å². The van der Waals surface area contributed by atoms with Gasteiger partial charge in [0.1, 0.15) is 11.6 Å². The maximum atomic E-state index is 13.9. The molecule has 0 aromatic heterocycles. The average molecular weight is 346 g/mol. The molecule has 4 heteroatoms. The van der Waals surface area contributed by atoms with E-state index in [1.54, 1.807) is 0 Å². The molecule has 0 aliphatic rings. The van der Waals surface area contributed by atoms with Crippen LogP contribution in [0.3, 0.4) is 0 Å². The largest absolute Gasteiger partial charge is 0.207 e. The van der Waals surface area contributed by atoms with E-state index in [9.17, 15) is 8.78 Å². The van der Waals surface area contributed by atoms with Gasteiger partial charge < -0.3 is 0 Å². The number of rotatable bonds is 2. The first-order valence-electron chi connectivity index (χ1n) is 5.76. The first-order valence-corrected chi connectivity index (χ1v) is 6.98. The van der Waals surface area contributed by atoms with Crippen molar-refractivity contribution in [1.82, 2.24) is 0 Å². The van der Waals surface area contributed by atoms with Crippen molar-refractivity contribution < 1.29 is 8.78 Å². The van der Waals surface area contributed by atoms with Gasteiger partial charge in [0.05, 0.1) is 5.38 Å². The van der Waals surface area contributed by atoms with Crippen LogP contribution >= 0.6 is 27.5 Å². The number of halogens is 4. The Balaban J connectivity index is 2.52. The molecule has 0 saturated heterocycles. The summed E-state index contributed by atoms with van der Waals surface area (Å²) in [6, 6.07) is 7.96. The zero-order valence-corrected chi connectivity index (χ0v) is 12.8. The summed E-state index contributed by atoms with van der Waals surface area (Å²) in [5.74, 6) is -0.946. The summed E-state index contributed by atoms with van der Waals surface area (Å²) in [6.07, 6.45) is 0. The summed E-state index contributed by atoms with van der Waals surface area (Å²) in [7, 11) is 0. The summed E-state index contributed by atoms with van der Waals surface area (Å²) in [5.41, 5.74) is 2.16. The Kier molecular flexibility index (Phi) is 4.26. The molecule has 0 spiro atoms. The van der Waals surface area contributed by atoms with Crippen LogP contribution in [-0.4, -0.2) is 0 Å². The highest BCUT2D eigenvalue weighted by Gasteiger charge is 2.19. The molecule has 100 valence electrons. The van der Waals surface area contributed by atoms with Gasteiger partial charge in [0.25, 0.3) is 0 Å². The van der Waals surface area contributed by atoms with E-state index >= 15 is 0 Å². The second-order valence-electron chi connectivity index (χ2n) is 4.51. The smallest absolute Gasteiger partial charge is 0.128 e. The summed E-state index contributed by atoms with van der Waals surface area (Å²) in [4.78, 5) is 0. The van der Waals surface area contributed by atoms with Crippen molar-refractivity contribution in [3.63, 3.8) is 0 Å². The second kappa shape index (κ2) is 5.59. The van der Waals surface area contributed by atoms with Gasteiger partial charge in [-0.05, 0) is 43.2 Å². The molecule has 19 heavy (non-hydrogen) atoms. The van der Waals surface area contributed by atoms with Crippen LogP contribution in [-0.2, 0) is 0 Å². The number of aryl methyl sites for hydroxylation is 2. The van der Waals surface area contributed by atoms with Crippen molar-refractivity contribution in [3.05, 3.63) is 68.7 Å². The van der Waals surface area contributed by atoms with Gasteiger partial charge in [-0.2, -0.15) is 0 Å². The van der Waals surface area contributed by atoms with Crippen molar-refractivity contribution in [1.29, 1.82) is 0 Å². The van der Waals surface area contributed by atoms with E-state index in [0.29, 0.717) is 0 Å². The molecule has 0 fully saturated rings. The summed E-state index contributed by atoms with van der Waals surface area (Å²) >= 11 is 9.69. The second-order valence-corrected chi connectivity index (χ2v) is 5.80. The van der Waals surface area contributed by atoms with Crippen LogP contribution in [0.2, 0.25) is 0 Å². The van der Waals surface area contributed by atoms with Crippen LogP contribution in [0.1, 0.15) is 27.6 Å². The Hall–Kier alpha value is -0.930. The molecule has 0 aliphatic heterocycles. The fourth-order valence-electron chi connectivity index (χ4n) is 1.88. The Morgan fingerprint density at radius 3 is 2.37 bits per heavy atom. The van der Waals surface area contributed by atoms with Crippen molar-refractivity contribution in [3.8, 4) is 0 Å². The zero-order chi connectivity index (χ0) is 14.2. The maximum absolute atomic E-state index is 13.9. The molecule has 1 atom stereocenters. The van der Waals surface area contributed by atoms with Crippen LogP contribution in [0.5, 0.6) is 0 Å². The average Bonchev–Trinajstić information content (AvgIpc) is 2.36. The van der Waals surface area contributed by atoms with Crippen LogP contribution in [0.25, 0.3) is 0 Å². The van der Waals surface area contributed by atoms with Crippen LogP contribution in [0.4, 0.5) is 8.78 Å². The minimum absolute atomic E-state index is 0.149. The normalized spacial score (nSPS) is 12.5. The zero-order valence-electron chi connectivity index (χ0n) is 10.5. The molecular weight excluding hydrogens is 334 g/mol. The molecule has 2 aromatic carbocycles. The third-order valence-electron chi connectivity index (χ3n) is 2.98. The Labute approximate surface area is 124 Å². The fourth-order valence-corrected chi connectivity index (χ4v) is 2.84. The lowest BCUT2D eigenvalue weighted by Gasteiger charge is -2.15. The number of hydrogen-bond donors (Lipinski definition) is 0. The molecule has 0 amide bonds. The third kappa shape index (κ3) is 2.98. The molecular formula is C15H12BrClF2. The highest BCUT2D eigenvalue weighted by molar-refractivity contribution is 9.10. The highest BCUT2D eigenvalue weighted by Crippen LogP contribution is 2.36. The molecule has 0 bridgehead atoms. The predicted octanol–water partition coefficient (Wildman–Crippen LogP) is 5.67. The van der Waals surface area contributed by atoms with E-state index in [-0.39, 0.29) is 11.1 Å². The van der Waals surface area contributed by atoms with Gasteiger partial charge in [0, 0.05) is 10.0 Å². The maximum Gasteiger partial charge on any atom is 0.128 e. The van der Waals surface area contributed by atoms with Gasteiger partial charge in [-0.15, -0.1) is 11.6 Å². The molecule has 0 nitrogen and oxygen atoms in total. The van der Waals surface area contributed by atoms with Crippen LogP contribution < -0.4 is 0 Å². The quantitative estimate of drug-likeness (QED) is 0.615. The number of alkyl halides is 1. The minimum Gasteiger partial charge on any atom is -0.207 e. The van der Waals surface area contributed by atoms with Crippen molar-refractivity contribution >= 4 is 27.5 Å². The number of hydrogen-bond acceptors (Lipinski definition) is 0. The molecule has 2 rings (SSSR count). The Morgan fingerprint density at radius 1 is 1.00 bits per heavy atom. The standard InChI is InChI=1S/C15H12BrClF2/c1-8-3-4-12(16)10(5-8)15(17)11-7-13(18)9(2)6-14(11)19/h3-7,15H,1-2H3. The van der Waals surface area contributed by atoms with E-state index in [0.717, 1.165) is 21.7 Å². The highest BCUT2D eigenvalue weighted by atomic mass is 79.9. The van der Waals surface area contributed by atoms with Gasteiger partial charge in [-0.1, -0.05) is 33.6 Å². The molecule has 0 N–H and O–H groups in total. The fraction of sp³-hybridized carbons (Fsp3) is 0.200. The molecule has 1 unspecified atom stereocenters. The Morgan fingerprint density at radius 2 is 1.68 bits per heavy atom. The predicted molar refractivity (Wildman–Crippen MR) is 77.7 cm³/mol.